The molecule has 0 amide bonds. The molecule has 0 spiro atoms. The number of nitrogens with zero attached hydrogens (tertiary/aromatic N) is 2. The largest absolute Gasteiger partial charge is 0.339 e. The molecule has 0 bridgehead atoms. The minimum absolute atomic E-state index is 0.0176. The number of aryl methyl sites for hydroxylation is 1. The lowest BCUT2D eigenvalue weighted by molar-refractivity contribution is 0.789. The molecule has 1 unspecified atom stereocenters. The Morgan fingerprint density at radius 1 is 1.57 bits per heavy atom. The number of H-pyrrole nitrogens is 1. The highest BCUT2D eigenvalue weighted by Gasteiger charge is 2.08. The van der Waals surface area contributed by atoms with Crippen molar-refractivity contribution < 1.29 is 0 Å². The molecule has 0 saturated heterocycles. The van der Waals surface area contributed by atoms with Crippen molar-refractivity contribution in [3.8, 4) is 11.5 Å². The van der Waals surface area contributed by atoms with E-state index >= 15 is 0 Å². The summed E-state index contributed by atoms with van der Waals surface area (Å²) in [6, 6.07) is -0.0176. The van der Waals surface area contributed by atoms with Gasteiger partial charge in [0.15, 0.2) is 5.82 Å². The number of hydrogen-bond donors (Lipinski definition) is 2. The summed E-state index contributed by atoms with van der Waals surface area (Å²) in [6.45, 7) is 3.90. The molecule has 2 rings (SSSR count). The summed E-state index contributed by atoms with van der Waals surface area (Å²) in [6.07, 6.45) is 1.76. The van der Waals surface area contributed by atoms with Crippen LogP contribution in [0.15, 0.2) is 11.6 Å². The standard InChI is InChI=1S/C9H12N4S/c1-5(10)7-3-11-9(13-7)8-4-14-6(2)12-8/h3-5H,10H2,1-2H3,(H,11,13). The molecule has 0 aliphatic heterocycles. The van der Waals surface area contributed by atoms with Gasteiger partial charge in [0.05, 0.1) is 16.9 Å². The minimum Gasteiger partial charge on any atom is -0.339 e. The Labute approximate surface area is 86.2 Å². The highest BCUT2D eigenvalue weighted by atomic mass is 32.1. The third-order valence-electron chi connectivity index (χ3n) is 1.95. The van der Waals surface area contributed by atoms with E-state index in [-0.39, 0.29) is 6.04 Å². The molecular weight excluding hydrogens is 196 g/mol. The summed E-state index contributed by atoms with van der Waals surface area (Å²) in [4.78, 5) is 11.7. The van der Waals surface area contributed by atoms with E-state index in [1.807, 2.05) is 19.2 Å². The van der Waals surface area contributed by atoms with Crippen molar-refractivity contribution in [2.75, 3.05) is 0 Å². The smallest absolute Gasteiger partial charge is 0.157 e. The zero-order chi connectivity index (χ0) is 10.1. The fourth-order valence-corrected chi connectivity index (χ4v) is 1.77. The Morgan fingerprint density at radius 3 is 2.86 bits per heavy atom. The van der Waals surface area contributed by atoms with E-state index in [9.17, 15) is 0 Å². The zero-order valence-corrected chi connectivity index (χ0v) is 8.93. The van der Waals surface area contributed by atoms with Crippen molar-refractivity contribution in [3.05, 3.63) is 22.3 Å². The van der Waals surface area contributed by atoms with Gasteiger partial charge in [-0.3, -0.25) is 0 Å². The summed E-state index contributed by atoms with van der Waals surface area (Å²) in [7, 11) is 0. The summed E-state index contributed by atoms with van der Waals surface area (Å²) in [5.74, 6) is 0.793. The first-order chi connectivity index (χ1) is 6.66. The molecule has 0 aliphatic carbocycles. The van der Waals surface area contributed by atoms with Gasteiger partial charge >= 0.3 is 0 Å². The molecule has 0 aromatic carbocycles. The molecule has 0 saturated carbocycles. The molecule has 2 aromatic rings. The van der Waals surface area contributed by atoms with Gasteiger partial charge in [-0.2, -0.15) is 0 Å². The van der Waals surface area contributed by atoms with Crippen LogP contribution in [0.5, 0.6) is 0 Å². The van der Waals surface area contributed by atoms with Gasteiger partial charge in [0.25, 0.3) is 0 Å². The maximum Gasteiger partial charge on any atom is 0.157 e. The number of nitrogens with two attached hydrogens (primary N) is 1. The van der Waals surface area contributed by atoms with E-state index in [2.05, 4.69) is 15.0 Å². The Kier molecular flexibility index (Phi) is 2.35. The van der Waals surface area contributed by atoms with Gasteiger partial charge in [0, 0.05) is 11.4 Å². The van der Waals surface area contributed by atoms with Gasteiger partial charge in [-0.05, 0) is 13.8 Å². The van der Waals surface area contributed by atoms with Crippen LogP contribution < -0.4 is 5.73 Å². The second-order valence-electron chi connectivity index (χ2n) is 3.23. The fraction of sp³-hybridized carbons (Fsp3) is 0.333. The summed E-state index contributed by atoms with van der Waals surface area (Å²) >= 11 is 1.61. The quantitative estimate of drug-likeness (QED) is 0.791. The van der Waals surface area contributed by atoms with Crippen LogP contribution in [0.25, 0.3) is 11.5 Å². The van der Waals surface area contributed by atoms with Crippen LogP contribution in [0.4, 0.5) is 0 Å². The third-order valence-corrected chi connectivity index (χ3v) is 2.72. The predicted octanol–water partition coefficient (Wildman–Crippen LogP) is 1.86. The topological polar surface area (TPSA) is 67.6 Å². The van der Waals surface area contributed by atoms with Crippen LogP contribution in [0, 0.1) is 6.92 Å². The molecule has 4 nitrogen and oxygen atoms in total. The number of imidazole rings is 1. The lowest BCUT2D eigenvalue weighted by Crippen LogP contribution is -2.04. The third kappa shape index (κ3) is 1.69. The van der Waals surface area contributed by atoms with Gasteiger partial charge in [-0.15, -0.1) is 11.3 Å². The van der Waals surface area contributed by atoms with E-state index in [4.69, 9.17) is 5.73 Å². The van der Waals surface area contributed by atoms with Crippen LogP contribution in [-0.2, 0) is 0 Å². The first kappa shape index (κ1) is 9.36. The average molecular weight is 208 g/mol. The molecule has 5 heteroatoms. The molecule has 14 heavy (non-hydrogen) atoms. The number of rotatable bonds is 2. The predicted molar refractivity (Wildman–Crippen MR) is 57.0 cm³/mol. The van der Waals surface area contributed by atoms with Gasteiger partial charge in [-0.1, -0.05) is 0 Å². The average Bonchev–Trinajstić information content (AvgIpc) is 2.70. The maximum atomic E-state index is 5.72. The fourth-order valence-electron chi connectivity index (χ4n) is 1.17. The van der Waals surface area contributed by atoms with Crippen molar-refractivity contribution >= 4 is 11.3 Å². The first-order valence-electron chi connectivity index (χ1n) is 4.40. The number of aromatic amines is 1. The van der Waals surface area contributed by atoms with Crippen LogP contribution in [0.3, 0.4) is 0 Å². The Bertz CT molecular complexity index is 429. The van der Waals surface area contributed by atoms with Crippen LogP contribution in [-0.4, -0.2) is 15.0 Å². The lowest BCUT2D eigenvalue weighted by Gasteiger charge is -1.98. The van der Waals surface area contributed by atoms with Gasteiger partial charge < -0.3 is 10.7 Å². The highest BCUT2D eigenvalue weighted by Crippen LogP contribution is 2.19. The van der Waals surface area contributed by atoms with E-state index in [1.54, 1.807) is 17.5 Å². The van der Waals surface area contributed by atoms with Crippen molar-refractivity contribution in [1.82, 2.24) is 15.0 Å². The molecule has 0 aliphatic rings. The Hall–Kier alpha value is -1.20. The number of nitrogens with one attached hydrogen (secondary N) is 1. The normalized spacial score (nSPS) is 13.1. The van der Waals surface area contributed by atoms with Gasteiger partial charge in [0.1, 0.15) is 5.69 Å². The molecular formula is C9H12N4S. The van der Waals surface area contributed by atoms with E-state index < -0.39 is 0 Å². The Morgan fingerprint density at radius 2 is 2.36 bits per heavy atom. The SMILES string of the molecule is Cc1nc(-c2ncc(C(C)N)[nH]2)cs1. The molecule has 74 valence electrons. The second-order valence-corrected chi connectivity index (χ2v) is 4.29. The van der Waals surface area contributed by atoms with Crippen LogP contribution in [0.2, 0.25) is 0 Å². The monoisotopic (exact) mass is 208 g/mol. The van der Waals surface area contributed by atoms with Gasteiger partial charge in [-0.25, -0.2) is 9.97 Å². The molecule has 1 atom stereocenters. The molecule has 3 N–H and O–H groups in total. The van der Waals surface area contributed by atoms with Crippen molar-refractivity contribution in [3.63, 3.8) is 0 Å². The van der Waals surface area contributed by atoms with Crippen molar-refractivity contribution in [1.29, 1.82) is 0 Å². The molecule has 0 fully saturated rings. The zero-order valence-electron chi connectivity index (χ0n) is 8.11. The minimum atomic E-state index is -0.0176. The number of hydrogen-bond acceptors (Lipinski definition) is 4. The Balaban J connectivity index is 2.33. The molecule has 0 radical (unpaired) electrons. The number of thiazole rings is 1. The maximum absolute atomic E-state index is 5.72. The summed E-state index contributed by atoms with van der Waals surface area (Å²) in [5.41, 5.74) is 7.55. The van der Waals surface area contributed by atoms with Crippen molar-refractivity contribution in [2.45, 2.75) is 19.9 Å². The molecule has 2 heterocycles. The van der Waals surface area contributed by atoms with Crippen LogP contribution >= 0.6 is 11.3 Å². The summed E-state index contributed by atoms with van der Waals surface area (Å²) < 4.78 is 0. The van der Waals surface area contributed by atoms with E-state index in [1.165, 1.54) is 0 Å². The van der Waals surface area contributed by atoms with Crippen LogP contribution in [0.1, 0.15) is 23.7 Å². The van der Waals surface area contributed by atoms with E-state index in [0.717, 1.165) is 22.2 Å². The number of aromatic nitrogens is 3. The summed E-state index contributed by atoms with van der Waals surface area (Å²) in [5, 5.41) is 3.03. The lowest BCUT2D eigenvalue weighted by atomic mass is 10.3. The van der Waals surface area contributed by atoms with Gasteiger partial charge in [0.2, 0.25) is 0 Å². The van der Waals surface area contributed by atoms with E-state index in [0.29, 0.717) is 0 Å². The molecule has 2 aromatic heterocycles. The first-order valence-corrected chi connectivity index (χ1v) is 5.28. The second kappa shape index (κ2) is 3.51. The highest BCUT2D eigenvalue weighted by molar-refractivity contribution is 7.09. The van der Waals surface area contributed by atoms with Crippen molar-refractivity contribution in [2.24, 2.45) is 5.73 Å².